The average Bonchev–Trinajstić information content (AvgIpc) is 2.07. The Bertz CT molecular complexity index is 319. The monoisotopic (exact) mass is 209 g/mol. The van der Waals surface area contributed by atoms with Crippen molar-refractivity contribution in [2.24, 2.45) is 0 Å². The Hall–Kier alpha value is -0.870. The third kappa shape index (κ3) is 1.65. The van der Waals surface area contributed by atoms with Crippen LogP contribution in [0.5, 0.6) is 5.75 Å². The topological polar surface area (TPSA) is 39.2 Å². The lowest BCUT2D eigenvalue weighted by Crippen LogP contribution is -1.93. The molecule has 6 heteroatoms. The van der Waals surface area contributed by atoms with Gasteiger partial charge in [-0.05, 0) is 0 Å². The van der Waals surface area contributed by atoms with Gasteiger partial charge in [0, 0.05) is 0 Å². The highest BCUT2D eigenvalue weighted by molar-refractivity contribution is 6.35. The number of ether oxygens (including phenoxy) is 1. The maximum absolute atomic E-state index is 12.8. The third-order valence-electron chi connectivity index (χ3n) is 1.06. The first-order valence-corrected chi connectivity index (χ1v) is 3.52. The predicted molar refractivity (Wildman–Crippen MR) is 40.9 cm³/mol. The van der Waals surface area contributed by atoms with Crippen LogP contribution in [0, 0.1) is 5.82 Å². The molecule has 12 heavy (non-hydrogen) atoms. The van der Waals surface area contributed by atoms with E-state index in [1.807, 2.05) is 0 Å². The summed E-state index contributed by atoms with van der Waals surface area (Å²) in [5.74, 6) is -1.06. The van der Waals surface area contributed by atoms with Crippen LogP contribution in [0.1, 0.15) is 0 Å². The predicted octanol–water partition coefficient (Wildman–Crippen LogP) is 2.06. The number of carbonyl (C=O) groups is 1. The molecule has 0 fully saturated rings. The Labute approximate surface area is 77.1 Å². The van der Waals surface area contributed by atoms with Crippen LogP contribution < -0.4 is 4.74 Å². The molecule has 0 bridgehead atoms. The van der Waals surface area contributed by atoms with Gasteiger partial charge in [0.15, 0.2) is 16.7 Å². The zero-order valence-electron chi connectivity index (χ0n) is 5.55. The molecule has 0 saturated carbocycles. The molecule has 0 aliphatic carbocycles. The molecule has 1 aromatic rings. The van der Waals surface area contributed by atoms with Gasteiger partial charge in [-0.25, -0.2) is 9.37 Å². The summed E-state index contributed by atoms with van der Waals surface area (Å²) >= 11 is 10.7. The van der Waals surface area contributed by atoms with Gasteiger partial charge in [-0.15, -0.1) is 0 Å². The standard InChI is InChI=1S/C6H2Cl2FNO2/c7-4-3(12-2-11)1-10-6(8)5(4)9/h1-2H. The van der Waals surface area contributed by atoms with Crippen molar-refractivity contribution in [1.82, 2.24) is 4.98 Å². The minimum atomic E-state index is -0.905. The van der Waals surface area contributed by atoms with E-state index in [0.717, 1.165) is 6.20 Å². The summed E-state index contributed by atoms with van der Waals surface area (Å²) < 4.78 is 17.1. The summed E-state index contributed by atoms with van der Waals surface area (Å²) in [6.07, 6.45) is 1.06. The van der Waals surface area contributed by atoms with E-state index in [-0.39, 0.29) is 22.4 Å². The maximum atomic E-state index is 12.8. The molecule has 0 unspecified atom stereocenters. The molecule has 1 aromatic heterocycles. The Kier molecular flexibility index (Phi) is 2.83. The minimum Gasteiger partial charge on any atom is -0.425 e. The fourth-order valence-electron chi connectivity index (χ4n) is 0.561. The van der Waals surface area contributed by atoms with E-state index in [4.69, 9.17) is 23.2 Å². The van der Waals surface area contributed by atoms with Gasteiger partial charge >= 0.3 is 0 Å². The fraction of sp³-hybridized carbons (Fsp3) is 0. The van der Waals surface area contributed by atoms with Crippen LogP contribution in [0.25, 0.3) is 0 Å². The smallest absolute Gasteiger partial charge is 0.298 e. The normalized spacial score (nSPS) is 9.58. The van der Waals surface area contributed by atoms with Crippen molar-refractivity contribution in [3.8, 4) is 5.75 Å². The molecule has 0 amide bonds. The van der Waals surface area contributed by atoms with Gasteiger partial charge < -0.3 is 4.74 Å². The van der Waals surface area contributed by atoms with Crippen LogP contribution >= 0.6 is 23.2 Å². The lowest BCUT2D eigenvalue weighted by atomic mass is 10.4. The van der Waals surface area contributed by atoms with E-state index in [0.29, 0.717) is 0 Å². The van der Waals surface area contributed by atoms with Gasteiger partial charge in [0.1, 0.15) is 5.02 Å². The first kappa shape index (κ1) is 9.22. The molecular formula is C6H2Cl2FNO2. The lowest BCUT2D eigenvalue weighted by molar-refractivity contribution is -0.120. The van der Waals surface area contributed by atoms with E-state index >= 15 is 0 Å². The molecule has 3 nitrogen and oxygen atoms in total. The van der Waals surface area contributed by atoms with E-state index in [2.05, 4.69) is 9.72 Å². The van der Waals surface area contributed by atoms with Crippen molar-refractivity contribution in [1.29, 1.82) is 0 Å². The molecule has 0 aliphatic rings. The maximum Gasteiger partial charge on any atom is 0.298 e. The van der Waals surface area contributed by atoms with Gasteiger partial charge in [-0.1, -0.05) is 23.2 Å². The number of hydrogen-bond donors (Lipinski definition) is 0. The summed E-state index contributed by atoms with van der Waals surface area (Å²) in [4.78, 5) is 13.2. The highest BCUT2D eigenvalue weighted by atomic mass is 35.5. The quantitative estimate of drug-likeness (QED) is 0.553. The summed E-state index contributed by atoms with van der Waals surface area (Å²) in [5.41, 5.74) is 0. The minimum absolute atomic E-state index is 0.121. The van der Waals surface area contributed by atoms with Crippen molar-refractivity contribution < 1.29 is 13.9 Å². The number of pyridine rings is 1. The average molecular weight is 210 g/mol. The van der Waals surface area contributed by atoms with Crippen molar-refractivity contribution in [2.45, 2.75) is 0 Å². The van der Waals surface area contributed by atoms with Gasteiger partial charge in [0.2, 0.25) is 0 Å². The highest BCUT2D eigenvalue weighted by Gasteiger charge is 2.12. The van der Waals surface area contributed by atoms with Gasteiger partial charge in [0.05, 0.1) is 6.20 Å². The molecule has 0 spiro atoms. The highest BCUT2D eigenvalue weighted by Crippen LogP contribution is 2.29. The summed E-state index contributed by atoms with van der Waals surface area (Å²) in [7, 11) is 0. The molecule has 0 atom stereocenters. The fourth-order valence-corrected chi connectivity index (χ4v) is 0.936. The number of rotatable bonds is 2. The van der Waals surface area contributed by atoms with Crippen LogP contribution in [0.4, 0.5) is 4.39 Å². The van der Waals surface area contributed by atoms with E-state index in [1.165, 1.54) is 0 Å². The second-order valence-electron chi connectivity index (χ2n) is 1.76. The van der Waals surface area contributed by atoms with Crippen LogP contribution in [-0.4, -0.2) is 11.5 Å². The largest absolute Gasteiger partial charge is 0.425 e. The second kappa shape index (κ2) is 3.69. The van der Waals surface area contributed by atoms with Crippen LogP contribution in [0.3, 0.4) is 0 Å². The summed E-state index contributed by atoms with van der Waals surface area (Å²) in [6.45, 7) is 0.121. The summed E-state index contributed by atoms with van der Waals surface area (Å²) in [5, 5.41) is -0.722. The Morgan fingerprint density at radius 1 is 1.58 bits per heavy atom. The molecule has 0 aliphatic heterocycles. The van der Waals surface area contributed by atoms with Crippen molar-refractivity contribution >= 4 is 29.7 Å². The second-order valence-corrected chi connectivity index (χ2v) is 2.49. The molecule has 1 rings (SSSR count). The number of aromatic nitrogens is 1. The first-order chi connectivity index (χ1) is 5.66. The van der Waals surface area contributed by atoms with Crippen LogP contribution in [-0.2, 0) is 4.79 Å². The number of carbonyl (C=O) groups excluding carboxylic acids is 1. The molecule has 1 heterocycles. The molecule has 0 radical (unpaired) electrons. The van der Waals surface area contributed by atoms with E-state index in [9.17, 15) is 9.18 Å². The number of nitrogens with zero attached hydrogens (tertiary/aromatic N) is 1. The van der Waals surface area contributed by atoms with Gasteiger partial charge in [-0.3, -0.25) is 4.79 Å². The molecule has 64 valence electrons. The zero-order valence-corrected chi connectivity index (χ0v) is 7.06. The Morgan fingerprint density at radius 3 is 2.83 bits per heavy atom. The molecule has 0 aromatic carbocycles. The van der Waals surface area contributed by atoms with Crippen molar-refractivity contribution in [2.75, 3.05) is 0 Å². The van der Waals surface area contributed by atoms with Crippen molar-refractivity contribution in [3.63, 3.8) is 0 Å². The SMILES string of the molecule is O=COc1cnc(Cl)c(F)c1Cl. The molecule has 0 saturated heterocycles. The summed E-state index contributed by atoms with van der Waals surface area (Å²) in [6, 6.07) is 0. The Balaban J connectivity index is 3.16. The van der Waals surface area contributed by atoms with Crippen LogP contribution in [0.2, 0.25) is 10.2 Å². The van der Waals surface area contributed by atoms with E-state index < -0.39 is 5.82 Å². The van der Waals surface area contributed by atoms with Crippen LogP contribution in [0.15, 0.2) is 6.20 Å². The van der Waals surface area contributed by atoms with Crippen molar-refractivity contribution in [3.05, 3.63) is 22.2 Å². The Morgan fingerprint density at radius 2 is 2.25 bits per heavy atom. The zero-order chi connectivity index (χ0) is 9.14. The number of hydrogen-bond acceptors (Lipinski definition) is 3. The van der Waals surface area contributed by atoms with E-state index in [1.54, 1.807) is 0 Å². The first-order valence-electron chi connectivity index (χ1n) is 2.76. The van der Waals surface area contributed by atoms with Gasteiger partial charge in [0.25, 0.3) is 6.47 Å². The molecular weight excluding hydrogens is 208 g/mol. The molecule has 0 N–H and O–H groups in total. The van der Waals surface area contributed by atoms with Gasteiger partial charge in [-0.2, -0.15) is 0 Å². The third-order valence-corrected chi connectivity index (χ3v) is 1.68. The number of halogens is 3. The lowest BCUT2D eigenvalue weighted by Gasteiger charge is -2.01.